The smallest absolute Gasteiger partial charge is 0.407 e. The van der Waals surface area contributed by atoms with Crippen LogP contribution in [0.3, 0.4) is 0 Å². The van der Waals surface area contributed by atoms with E-state index in [1.807, 2.05) is 55.5 Å². The van der Waals surface area contributed by atoms with Crippen LogP contribution in [-0.2, 0) is 11.3 Å². The normalized spacial score (nSPS) is 20.1. The van der Waals surface area contributed by atoms with Crippen LogP contribution in [0.2, 0.25) is 0 Å². The number of benzene rings is 2. The second-order valence-electron chi connectivity index (χ2n) is 8.71. The number of nitrogens with zero attached hydrogens (tertiary/aromatic N) is 3. The molecule has 3 atom stereocenters. The highest BCUT2D eigenvalue weighted by atomic mass is 16.5. The monoisotopic (exact) mass is 448 g/mol. The molecule has 0 spiro atoms. The molecular weight excluding hydrogens is 420 g/mol. The summed E-state index contributed by atoms with van der Waals surface area (Å²) in [5, 5.41) is 22.0. The average Bonchev–Trinajstić information content (AvgIpc) is 3.11. The minimum absolute atomic E-state index is 0.00420. The lowest BCUT2D eigenvalue weighted by Gasteiger charge is -2.41. The number of anilines is 1. The van der Waals surface area contributed by atoms with Crippen molar-refractivity contribution in [3.05, 3.63) is 65.2 Å². The van der Waals surface area contributed by atoms with Gasteiger partial charge in [-0.3, -0.25) is 4.90 Å². The van der Waals surface area contributed by atoms with Crippen LogP contribution in [0, 0.1) is 11.3 Å². The van der Waals surface area contributed by atoms with Crippen molar-refractivity contribution in [2.75, 3.05) is 24.5 Å². The Morgan fingerprint density at radius 2 is 1.88 bits per heavy atom. The molecule has 0 aromatic heterocycles. The quantitative estimate of drug-likeness (QED) is 0.694. The topological polar surface area (TPSA) is 106 Å². The molecule has 2 saturated heterocycles. The van der Waals surface area contributed by atoms with Crippen molar-refractivity contribution in [2.45, 2.75) is 44.4 Å². The van der Waals surface area contributed by atoms with E-state index >= 15 is 0 Å². The molecule has 2 aromatic rings. The van der Waals surface area contributed by atoms with Gasteiger partial charge in [-0.2, -0.15) is 5.26 Å². The fourth-order valence-electron chi connectivity index (χ4n) is 4.77. The summed E-state index contributed by atoms with van der Waals surface area (Å²) in [6.45, 7) is 3.78. The zero-order chi connectivity index (χ0) is 23.4. The number of alkyl carbamates (subject to hydrolysis) is 1. The first-order valence-corrected chi connectivity index (χ1v) is 11.2. The number of nitrogens with one attached hydrogen (secondary N) is 1. The number of carboxylic acid groups (broad SMARTS) is 1. The molecule has 2 aliphatic heterocycles. The molecule has 3 unspecified atom stereocenters. The Kier molecular flexibility index (Phi) is 6.68. The first kappa shape index (κ1) is 22.5. The minimum atomic E-state index is -0.860. The molecule has 2 fully saturated rings. The predicted octanol–water partition coefficient (Wildman–Crippen LogP) is 3.92. The first-order chi connectivity index (χ1) is 16.0. The number of carbonyl (C=O) groups excluding carboxylic acids is 1. The molecule has 2 N–H and O–H groups in total. The fourth-order valence-corrected chi connectivity index (χ4v) is 4.77. The summed E-state index contributed by atoms with van der Waals surface area (Å²) in [7, 11) is 0. The van der Waals surface area contributed by atoms with Gasteiger partial charge in [-0.15, -0.1) is 0 Å². The van der Waals surface area contributed by atoms with Crippen LogP contribution in [0.1, 0.15) is 42.4 Å². The summed E-state index contributed by atoms with van der Waals surface area (Å²) >= 11 is 0. The van der Waals surface area contributed by atoms with Gasteiger partial charge in [0, 0.05) is 19.6 Å². The lowest BCUT2D eigenvalue weighted by atomic mass is 9.97. The summed E-state index contributed by atoms with van der Waals surface area (Å²) in [5.74, 6) is -0.00420. The largest absolute Gasteiger partial charge is 0.465 e. The van der Waals surface area contributed by atoms with Crippen LogP contribution in [0.5, 0.6) is 0 Å². The average molecular weight is 449 g/mol. The van der Waals surface area contributed by atoms with E-state index in [4.69, 9.17) is 4.74 Å². The third-order valence-corrected chi connectivity index (χ3v) is 6.52. The number of hydrogen-bond donors (Lipinski definition) is 2. The summed E-state index contributed by atoms with van der Waals surface area (Å²) in [4.78, 5) is 27.3. The summed E-state index contributed by atoms with van der Waals surface area (Å²) in [5.41, 5.74) is 3.28. The van der Waals surface area contributed by atoms with Gasteiger partial charge in [-0.25, -0.2) is 9.59 Å². The Morgan fingerprint density at radius 3 is 2.52 bits per heavy atom. The van der Waals surface area contributed by atoms with Crippen LogP contribution in [0.25, 0.3) is 0 Å². The van der Waals surface area contributed by atoms with E-state index in [2.05, 4.69) is 16.3 Å². The Morgan fingerprint density at radius 1 is 1.18 bits per heavy atom. The number of amides is 2. The van der Waals surface area contributed by atoms with Crippen LogP contribution in [0.4, 0.5) is 15.3 Å². The number of fused-ring (bicyclic) bond motifs is 2. The standard InChI is InChI=1S/C25H28N4O4/c1-17(13-27-24(30)33-16-18-5-3-2-4-6-18)19-7-10-23(20(11-19)12-26)28-14-21-8-9-22(15-28)29(21)25(31)32/h2-7,10-11,17,21-22H,8-9,13-16H2,1H3,(H,27,30)(H,31,32). The molecule has 2 bridgehead atoms. The highest BCUT2D eigenvalue weighted by molar-refractivity contribution is 5.69. The van der Waals surface area contributed by atoms with E-state index in [0.717, 1.165) is 29.7 Å². The summed E-state index contributed by atoms with van der Waals surface area (Å²) in [6, 6.07) is 17.5. The Bertz CT molecular complexity index is 1040. The van der Waals surface area contributed by atoms with Crippen LogP contribution in [-0.4, -0.2) is 53.9 Å². The Labute approximate surface area is 193 Å². The summed E-state index contributed by atoms with van der Waals surface area (Å²) in [6.07, 6.45) is 0.378. The van der Waals surface area contributed by atoms with Crippen LogP contribution in [0.15, 0.2) is 48.5 Å². The second kappa shape index (κ2) is 9.82. The number of ether oxygens (including phenoxy) is 1. The molecule has 8 nitrogen and oxygen atoms in total. The predicted molar refractivity (Wildman–Crippen MR) is 123 cm³/mol. The molecule has 8 heteroatoms. The van der Waals surface area contributed by atoms with Gasteiger partial charge in [-0.1, -0.05) is 43.3 Å². The van der Waals surface area contributed by atoms with Gasteiger partial charge in [-0.05, 0) is 42.0 Å². The molecule has 4 rings (SSSR count). The van der Waals surface area contributed by atoms with Gasteiger partial charge in [0.05, 0.1) is 23.3 Å². The van der Waals surface area contributed by atoms with Crippen LogP contribution < -0.4 is 10.2 Å². The molecule has 33 heavy (non-hydrogen) atoms. The molecule has 0 aliphatic carbocycles. The van der Waals surface area contributed by atoms with E-state index in [1.165, 1.54) is 0 Å². The molecule has 2 aliphatic rings. The number of hydrogen-bond acceptors (Lipinski definition) is 5. The van der Waals surface area contributed by atoms with Crippen molar-refractivity contribution < 1.29 is 19.4 Å². The van der Waals surface area contributed by atoms with Gasteiger partial charge in [0.1, 0.15) is 12.7 Å². The van der Waals surface area contributed by atoms with Gasteiger partial charge >= 0.3 is 12.2 Å². The number of carbonyl (C=O) groups is 2. The first-order valence-electron chi connectivity index (χ1n) is 11.2. The zero-order valence-corrected chi connectivity index (χ0v) is 18.6. The van der Waals surface area contributed by atoms with E-state index in [1.54, 1.807) is 4.90 Å². The molecular formula is C25H28N4O4. The van der Waals surface area contributed by atoms with Crippen LogP contribution >= 0.6 is 0 Å². The van der Waals surface area contributed by atoms with E-state index in [-0.39, 0.29) is 24.6 Å². The van der Waals surface area contributed by atoms with E-state index < -0.39 is 12.2 Å². The lowest BCUT2D eigenvalue weighted by Crippen LogP contribution is -2.55. The maximum Gasteiger partial charge on any atom is 0.407 e. The molecule has 2 heterocycles. The lowest BCUT2D eigenvalue weighted by molar-refractivity contribution is 0.115. The zero-order valence-electron chi connectivity index (χ0n) is 18.6. The minimum Gasteiger partial charge on any atom is -0.465 e. The third kappa shape index (κ3) is 5.03. The fraction of sp³-hybridized carbons (Fsp3) is 0.400. The number of rotatable bonds is 6. The van der Waals surface area contributed by atoms with Gasteiger partial charge in [0.15, 0.2) is 0 Å². The highest BCUT2D eigenvalue weighted by Gasteiger charge is 2.43. The van der Waals surface area contributed by atoms with Crippen molar-refractivity contribution in [3.8, 4) is 6.07 Å². The SMILES string of the molecule is CC(CNC(=O)OCc1ccccc1)c1ccc(N2CC3CCC(C2)N3C(=O)O)c(C#N)c1. The molecule has 172 valence electrons. The van der Waals surface area contributed by atoms with E-state index in [0.29, 0.717) is 25.2 Å². The summed E-state index contributed by atoms with van der Waals surface area (Å²) < 4.78 is 5.25. The number of nitriles is 1. The number of piperazine rings is 1. The van der Waals surface area contributed by atoms with Crippen molar-refractivity contribution in [3.63, 3.8) is 0 Å². The molecule has 0 saturated carbocycles. The van der Waals surface area contributed by atoms with Gasteiger partial charge < -0.3 is 20.1 Å². The van der Waals surface area contributed by atoms with Crippen molar-refractivity contribution in [1.82, 2.24) is 10.2 Å². The molecule has 0 radical (unpaired) electrons. The Balaban J connectivity index is 1.35. The molecule has 2 aromatic carbocycles. The molecule has 2 amide bonds. The van der Waals surface area contributed by atoms with Crippen molar-refractivity contribution in [2.24, 2.45) is 0 Å². The van der Waals surface area contributed by atoms with Gasteiger partial charge in [0.25, 0.3) is 0 Å². The third-order valence-electron chi connectivity index (χ3n) is 6.52. The Hall–Kier alpha value is -3.73. The highest BCUT2D eigenvalue weighted by Crippen LogP contribution is 2.34. The van der Waals surface area contributed by atoms with Gasteiger partial charge in [0.2, 0.25) is 0 Å². The maximum atomic E-state index is 12.0. The second-order valence-corrected chi connectivity index (χ2v) is 8.71. The maximum absolute atomic E-state index is 12.0. The van der Waals surface area contributed by atoms with Crippen molar-refractivity contribution >= 4 is 17.9 Å². The van der Waals surface area contributed by atoms with Crippen molar-refractivity contribution in [1.29, 1.82) is 5.26 Å². The van der Waals surface area contributed by atoms with E-state index in [9.17, 15) is 20.0 Å².